The largest absolute Gasteiger partial charge is 0.476 e. The number of carboxylic acid groups (broad SMARTS) is 1. The smallest absolute Gasteiger partial charge is 0.356 e. The van der Waals surface area contributed by atoms with E-state index in [1.165, 1.54) is 29.8 Å². The summed E-state index contributed by atoms with van der Waals surface area (Å²) in [6, 6.07) is 9.98. The number of nitrogens with one attached hydrogen (secondary N) is 2. The zero-order valence-electron chi connectivity index (χ0n) is 21.1. The number of carbonyl (C=O) groups is 2. The van der Waals surface area contributed by atoms with Crippen LogP contribution in [0.3, 0.4) is 0 Å². The lowest BCUT2D eigenvalue weighted by Crippen LogP contribution is -2.32. The van der Waals surface area contributed by atoms with Gasteiger partial charge in [-0.2, -0.15) is 5.10 Å². The van der Waals surface area contributed by atoms with Crippen LogP contribution in [0.1, 0.15) is 66.6 Å². The number of carboxylic acids is 1. The second kappa shape index (κ2) is 11.3. The molecule has 0 aliphatic carbocycles. The fourth-order valence-corrected chi connectivity index (χ4v) is 5.12. The Morgan fingerprint density at radius 2 is 1.84 bits per heavy atom. The number of anilines is 1. The van der Waals surface area contributed by atoms with Crippen LogP contribution in [0.15, 0.2) is 47.4 Å². The van der Waals surface area contributed by atoms with Crippen LogP contribution in [0.25, 0.3) is 0 Å². The van der Waals surface area contributed by atoms with E-state index in [0.29, 0.717) is 6.42 Å². The molecule has 0 saturated carbocycles. The molecule has 0 aliphatic rings. The first-order chi connectivity index (χ1) is 17.4. The van der Waals surface area contributed by atoms with Crippen LogP contribution < -0.4 is 14.8 Å². The molecule has 0 aliphatic heterocycles. The zero-order chi connectivity index (χ0) is 27.5. The minimum Gasteiger partial charge on any atom is -0.476 e. The highest BCUT2D eigenvalue weighted by molar-refractivity contribution is 7.89. The van der Waals surface area contributed by atoms with Gasteiger partial charge in [-0.15, -0.1) is 0 Å². The van der Waals surface area contributed by atoms with Gasteiger partial charge in [0.1, 0.15) is 10.6 Å². The molecular weight excluding hydrogens is 520 g/mol. The SMILES string of the molecule is CCC(C)NS(=O)(=O)c1cc(NC(=O)c2ccccc2Cl)ccc1Oc1c(C)c(C(=O)O)nn1C(C)C. The number of aromatic carboxylic acids is 1. The molecule has 1 aromatic heterocycles. The van der Waals surface area contributed by atoms with Gasteiger partial charge in [0.05, 0.1) is 16.6 Å². The number of nitrogens with zero attached hydrogens (tertiary/aromatic N) is 2. The topological polar surface area (TPSA) is 140 Å². The van der Waals surface area contributed by atoms with Crippen LogP contribution in [0.2, 0.25) is 5.02 Å². The van der Waals surface area contributed by atoms with E-state index in [2.05, 4.69) is 15.1 Å². The van der Waals surface area contributed by atoms with E-state index in [9.17, 15) is 23.1 Å². The van der Waals surface area contributed by atoms with Crippen LogP contribution in [0.4, 0.5) is 5.69 Å². The van der Waals surface area contributed by atoms with E-state index in [0.717, 1.165) is 0 Å². The third-order valence-corrected chi connectivity index (χ3v) is 7.51. The fraction of sp³-hybridized carbons (Fsp3) is 0.320. The maximum atomic E-state index is 13.4. The summed E-state index contributed by atoms with van der Waals surface area (Å²) in [5.74, 6) is -1.71. The minimum atomic E-state index is -4.11. The molecule has 0 bridgehead atoms. The highest BCUT2D eigenvalue weighted by atomic mass is 35.5. The molecule has 37 heavy (non-hydrogen) atoms. The van der Waals surface area contributed by atoms with Gasteiger partial charge in [-0.05, 0) is 64.4 Å². The van der Waals surface area contributed by atoms with Gasteiger partial charge < -0.3 is 15.2 Å². The first-order valence-electron chi connectivity index (χ1n) is 11.6. The molecule has 1 amide bonds. The van der Waals surface area contributed by atoms with Crippen LogP contribution in [-0.4, -0.2) is 41.2 Å². The van der Waals surface area contributed by atoms with Gasteiger partial charge in [-0.25, -0.2) is 22.6 Å². The summed E-state index contributed by atoms with van der Waals surface area (Å²) in [6.07, 6.45) is 0.541. The molecule has 1 unspecified atom stereocenters. The summed E-state index contributed by atoms with van der Waals surface area (Å²) < 4.78 is 36.7. The van der Waals surface area contributed by atoms with Gasteiger partial charge in [0, 0.05) is 17.3 Å². The molecule has 0 spiro atoms. The van der Waals surface area contributed by atoms with Crippen molar-refractivity contribution in [2.75, 3.05) is 5.32 Å². The number of aromatic nitrogens is 2. The summed E-state index contributed by atoms with van der Waals surface area (Å²) >= 11 is 6.12. The average molecular weight is 549 g/mol. The Kier molecular flexibility index (Phi) is 8.62. The lowest BCUT2D eigenvalue weighted by Gasteiger charge is -2.18. The lowest BCUT2D eigenvalue weighted by atomic mass is 10.2. The maximum absolute atomic E-state index is 13.4. The van der Waals surface area contributed by atoms with Crippen LogP contribution in [0, 0.1) is 6.92 Å². The van der Waals surface area contributed by atoms with Crippen LogP contribution in [0.5, 0.6) is 11.6 Å². The monoisotopic (exact) mass is 548 g/mol. The summed E-state index contributed by atoms with van der Waals surface area (Å²) in [7, 11) is -4.11. The number of rotatable bonds is 10. The molecule has 198 valence electrons. The Hall–Kier alpha value is -3.41. The molecule has 1 atom stereocenters. The molecule has 0 saturated heterocycles. The van der Waals surface area contributed by atoms with Crippen molar-refractivity contribution >= 4 is 39.2 Å². The Morgan fingerprint density at radius 3 is 2.43 bits per heavy atom. The normalized spacial score (nSPS) is 12.4. The second-order valence-corrected chi connectivity index (χ2v) is 10.8. The molecule has 12 heteroatoms. The first-order valence-corrected chi connectivity index (χ1v) is 13.4. The summed E-state index contributed by atoms with van der Waals surface area (Å²) in [5.41, 5.74) is 0.469. The Balaban J connectivity index is 2.10. The molecule has 2 aromatic carbocycles. The highest BCUT2D eigenvalue weighted by Crippen LogP contribution is 2.35. The number of carbonyl (C=O) groups excluding carboxylic acids is 1. The highest BCUT2D eigenvalue weighted by Gasteiger charge is 2.27. The maximum Gasteiger partial charge on any atom is 0.356 e. The van der Waals surface area contributed by atoms with Crippen LogP contribution in [-0.2, 0) is 10.0 Å². The van der Waals surface area contributed by atoms with Crippen molar-refractivity contribution in [3.8, 4) is 11.6 Å². The van der Waals surface area contributed by atoms with Crippen molar-refractivity contribution in [1.29, 1.82) is 0 Å². The van der Waals surface area contributed by atoms with Gasteiger partial charge in [0.25, 0.3) is 5.91 Å². The predicted octanol–water partition coefficient (Wildman–Crippen LogP) is 5.25. The van der Waals surface area contributed by atoms with Crippen molar-refractivity contribution < 1.29 is 27.9 Å². The molecule has 10 nitrogen and oxygen atoms in total. The fourth-order valence-electron chi connectivity index (χ4n) is 3.42. The number of halogens is 1. The molecular formula is C25H29ClN4O6S. The summed E-state index contributed by atoms with van der Waals surface area (Å²) in [5, 5.41) is 16.5. The van der Waals surface area contributed by atoms with E-state index in [4.69, 9.17) is 16.3 Å². The van der Waals surface area contributed by atoms with Gasteiger partial charge >= 0.3 is 5.97 Å². The van der Waals surface area contributed by atoms with Gasteiger partial charge in [-0.3, -0.25) is 4.79 Å². The standard InChI is InChI=1S/C25H29ClN4O6S/c1-6-15(4)29-37(34,35)21-13-17(27-23(31)18-9-7-8-10-19(18)26)11-12-20(21)36-24-16(5)22(25(32)33)28-30(24)14(2)3/h7-15,29H,6H2,1-5H3,(H,27,31)(H,32,33). The second-order valence-electron chi connectivity index (χ2n) is 8.75. The molecule has 0 fully saturated rings. The van der Waals surface area contributed by atoms with E-state index in [1.807, 2.05) is 6.92 Å². The number of ether oxygens (including phenoxy) is 1. The van der Waals surface area contributed by atoms with E-state index < -0.39 is 21.9 Å². The third-order valence-electron chi connectivity index (χ3n) is 5.57. The van der Waals surface area contributed by atoms with Crippen molar-refractivity contribution in [3.05, 3.63) is 64.3 Å². The van der Waals surface area contributed by atoms with E-state index in [1.54, 1.807) is 45.0 Å². The number of benzene rings is 2. The van der Waals surface area contributed by atoms with Gasteiger partial charge in [-0.1, -0.05) is 30.7 Å². The minimum absolute atomic E-state index is 0.0617. The summed E-state index contributed by atoms with van der Waals surface area (Å²) in [4.78, 5) is 24.2. The molecule has 3 rings (SSSR count). The molecule has 0 radical (unpaired) electrons. The number of hydrogen-bond donors (Lipinski definition) is 3. The molecule has 3 aromatic rings. The van der Waals surface area contributed by atoms with Gasteiger partial charge in [0.15, 0.2) is 5.69 Å². The summed E-state index contributed by atoms with van der Waals surface area (Å²) in [6.45, 7) is 8.68. The quantitative estimate of drug-likeness (QED) is 0.314. The Labute approximate surface area is 220 Å². The molecule has 1 heterocycles. The van der Waals surface area contributed by atoms with Crippen molar-refractivity contribution in [3.63, 3.8) is 0 Å². The molecule has 3 N–H and O–H groups in total. The van der Waals surface area contributed by atoms with E-state index >= 15 is 0 Å². The third kappa shape index (κ3) is 6.30. The Bertz CT molecular complexity index is 1430. The predicted molar refractivity (Wildman–Crippen MR) is 140 cm³/mol. The lowest BCUT2D eigenvalue weighted by molar-refractivity contribution is 0.0688. The number of sulfonamides is 1. The van der Waals surface area contributed by atoms with Crippen molar-refractivity contribution in [2.45, 2.75) is 58.0 Å². The van der Waals surface area contributed by atoms with Crippen molar-refractivity contribution in [2.24, 2.45) is 0 Å². The average Bonchev–Trinajstić information content (AvgIpc) is 3.16. The van der Waals surface area contributed by atoms with Crippen LogP contribution >= 0.6 is 11.6 Å². The first kappa shape index (κ1) is 28.2. The van der Waals surface area contributed by atoms with Crippen molar-refractivity contribution in [1.82, 2.24) is 14.5 Å². The zero-order valence-corrected chi connectivity index (χ0v) is 22.6. The number of hydrogen-bond acceptors (Lipinski definition) is 6. The number of amides is 1. The van der Waals surface area contributed by atoms with E-state index in [-0.39, 0.29) is 56.1 Å². The van der Waals surface area contributed by atoms with Gasteiger partial charge in [0.2, 0.25) is 15.9 Å². The Morgan fingerprint density at radius 1 is 1.16 bits per heavy atom.